The highest BCUT2D eigenvalue weighted by Gasteiger charge is 2.05. The van der Waals surface area contributed by atoms with Gasteiger partial charge in [-0.05, 0) is 0 Å². The van der Waals surface area contributed by atoms with Crippen molar-refractivity contribution < 1.29 is 9.90 Å². The minimum Gasteiger partial charge on any atom is -0.465 e. The summed E-state index contributed by atoms with van der Waals surface area (Å²) in [7, 11) is 0. The zero-order valence-corrected chi connectivity index (χ0v) is 6.47. The monoisotopic (exact) mass is 193 g/mol. The highest BCUT2D eigenvalue weighted by Crippen LogP contribution is 1.93. The van der Waals surface area contributed by atoms with Crippen LogP contribution in [0, 0.1) is 0 Å². The van der Waals surface area contributed by atoms with Gasteiger partial charge in [0, 0.05) is 6.54 Å². The van der Waals surface area contributed by atoms with Gasteiger partial charge in [-0.3, -0.25) is 4.90 Å². The Hall–Kier alpha value is -0.510. The van der Waals surface area contributed by atoms with E-state index in [2.05, 4.69) is 22.5 Å². The van der Waals surface area contributed by atoms with Crippen molar-refractivity contribution in [2.24, 2.45) is 0 Å². The zero-order valence-electron chi connectivity index (χ0n) is 4.88. The van der Waals surface area contributed by atoms with E-state index in [0.717, 1.165) is 0 Å². The van der Waals surface area contributed by atoms with Crippen LogP contribution in [0.1, 0.15) is 0 Å². The summed E-state index contributed by atoms with van der Waals surface area (Å²) in [5.74, 6) is 0. The van der Waals surface area contributed by atoms with Crippen LogP contribution in [0.5, 0.6) is 0 Å². The molecule has 3 nitrogen and oxygen atoms in total. The number of alkyl halides is 1. The summed E-state index contributed by atoms with van der Waals surface area (Å²) in [5, 5.41) is 8.35. The molecule has 0 radical (unpaired) electrons. The second-order valence-electron chi connectivity index (χ2n) is 1.41. The summed E-state index contributed by atoms with van der Waals surface area (Å²) in [6.45, 7) is 3.77. The summed E-state index contributed by atoms with van der Waals surface area (Å²) in [6, 6.07) is 0. The zero-order chi connectivity index (χ0) is 7.28. The average Bonchev–Trinajstić information content (AvgIpc) is 1.82. The molecule has 0 saturated carbocycles. The fourth-order valence-corrected chi connectivity index (χ4v) is 0.753. The van der Waals surface area contributed by atoms with Crippen molar-refractivity contribution in [1.29, 1.82) is 0 Å². The predicted molar refractivity (Wildman–Crippen MR) is 38.7 cm³/mol. The topological polar surface area (TPSA) is 40.5 Å². The van der Waals surface area contributed by atoms with Gasteiger partial charge < -0.3 is 5.11 Å². The summed E-state index contributed by atoms with van der Waals surface area (Å²) in [4.78, 5) is 11.4. The van der Waals surface area contributed by atoms with E-state index in [-0.39, 0.29) is 0 Å². The van der Waals surface area contributed by atoms with E-state index in [0.29, 0.717) is 12.0 Å². The first-order valence-corrected chi connectivity index (χ1v) is 3.49. The number of carboxylic acid groups (broad SMARTS) is 1. The van der Waals surface area contributed by atoms with Gasteiger partial charge in [0.05, 0.1) is 5.45 Å². The fourth-order valence-electron chi connectivity index (χ4n) is 0.334. The number of halogens is 1. The Balaban J connectivity index is 3.67. The third-order valence-corrected chi connectivity index (χ3v) is 1.37. The highest BCUT2D eigenvalue weighted by atomic mass is 79.9. The molecule has 1 N–H and O–H groups in total. The van der Waals surface area contributed by atoms with Crippen molar-refractivity contribution >= 4 is 22.0 Å². The highest BCUT2D eigenvalue weighted by molar-refractivity contribution is 9.09. The smallest absolute Gasteiger partial charge is 0.408 e. The maximum absolute atomic E-state index is 10.2. The van der Waals surface area contributed by atoms with Gasteiger partial charge in [-0.25, -0.2) is 4.79 Å². The van der Waals surface area contributed by atoms with E-state index in [1.54, 1.807) is 0 Å². The first-order valence-electron chi connectivity index (χ1n) is 2.37. The van der Waals surface area contributed by atoms with E-state index in [1.807, 2.05) is 0 Å². The molecule has 0 atom stereocenters. The van der Waals surface area contributed by atoms with Crippen molar-refractivity contribution in [3.05, 3.63) is 12.7 Å². The Morgan fingerprint density at radius 3 is 2.56 bits per heavy atom. The second-order valence-corrected chi connectivity index (χ2v) is 1.91. The summed E-state index contributed by atoms with van der Waals surface area (Å²) in [6.07, 6.45) is 0.599. The average molecular weight is 194 g/mol. The standard InChI is InChI=1S/C5H8BrNO2/c1-2-3-7(4-6)5(8)9/h2H,1,3-4H2,(H,8,9). The van der Waals surface area contributed by atoms with Gasteiger partial charge >= 0.3 is 6.09 Å². The molecular formula is C5H8BrNO2. The third-order valence-electron chi connectivity index (χ3n) is 0.764. The van der Waals surface area contributed by atoms with Crippen LogP contribution in [0.25, 0.3) is 0 Å². The van der Waals surface area contributed by atoms with Crippen molar-refractivity contribution in [3.8, 4) is 0 Å². The summed E-state index contributed by atoms with van der Waals surface area (Å²) in [5.41, 5.74) is 0.328. The van der Waals surface area contributed by atoms with Gasteiger partial charge in [0.15, 0.2) is 0 Å². The van der Waals surface area contributed by atoms with Crippen LogP contribution in [-0.4, -0.2) is 28.1 Å². The molecule has 4 heteroatoms. The largest absolute Gasteiger partial charge is 0.465 e. The number of rotatable bonds is 3. The molecular weight excluding hydrogens is 186 g/mol. The van der Waals surface area contributed by atoms with E-state index in [4.69, 9.17) is 5.11 Å². The fraction of sp³-hybridized carbons (Fsp3) is 0.400. The molecule has 0 aliphatic carbocycles. The Morgan fingerprint density at radius 2 is 2.44 bits per heavy atom. The first-order chi connectivity index (χ1) is 4.22. The lowest BCUT2D eigenvalue weighted by Crippen LogP contribution is -2.27. The van der Waals surface area contributed by atoms with Crippen LogP contribution in [-0.2, 0) is 0 Å². The Morgan fingerprint density at radius 1 is 1.89 bits per heavy atom. The molecule has 1 amide bonds. The number of nitrogens with zero attached hydrogens (tertiary/aromatic N) is 1. The molecule has 0 bridgehead atoms. The number of hydrogen-bond acceptors (Lipinski definition) is 1. The third kappa shape index (κ3) is 3.13. The molecule has 0 aromatic rings. The molecule has 0 rings (SSSR count). The maximum Gasteiger partial charge on any atom is 0.408 e. The second kappa shape index (κ2) is 4.38. The van der Waals surface area contributed by atoms with Crippen LogP contribution >= 0.6 is 15.9 Å². The predicted octanol–water partition coefficient (Wildman–Crippen LogP) is 1.50. The molecule has 0 aliphatic heterocycles. The van der Waals surface area contributed by atoms with Crippen LogP contribution in [0.3, 0.4) is 0 Å². The minimum absolute atomic E-state index is 0.328. The SMILES string of the molecule is C=CCN(CBr)C(=O)O. The van der Waals surface area contributed by atoms with E-state index in [9.17, 15) is 4.79 Å². The van der Waals surface area contributed by atoms with Crippen molar-refractivity contribution in [1.82, 2.24) is 4.90 Å². The van der Waals surface area contributed by atoms with Gasteiger partial charge in [0.25, 0.3) is 0 Å². The molecule has 0 aromatic heterocycles. The number of amides is 1. The lowest BCUT2D eigenvalue weighted by Gasteiger charge is -2.11. The molecule has 0 spiro atoms. The quantitative estimate of drug-likeness (QED) is 0.420. The Kier molecular flexibility index (Phi) is 4.13. The molecule has 0 unspecified atom stereocenters. The Bertz CT molecular complexity index is 116. The molecule has 0 fully saturated rings. The lowest BCUT2D eigenvalue weighted by atomic mass is 10.6. The van der Waals surface area contributed by atoms with Gasteiger partial charge in [0.2, 0.25) is 0 Å². The van der Waals surface area contributed by atoms with E-state index >= 15 is 0 Å². The van der Waals surface area contributed by atoms with Crippen molar-refractivity contribution in [3.63, 3.8) is 0 Å². The van der Waals surface area contributed by atoms with E-state index in [1.165, 1.54) is 11.0 Å². The van der Waals surface area contributed by atoms with Crippen LogP contribution < -0.4 is 0 Å². The molecule has 0 aromatic carbocycles. The minimum atomic E-state index is -0.938. The van der Waals surface area contributed by atoms with Crippen LogP contribution in [0.4, 0.5) is 4.79 Å². The van der Waals surface area contributed by atoms with E-state index < -0.39 is 6.09 Å². The maximum atomic E-state index is 10.2. The summed E-state index contributed by atoms with van der Waals surface area (Å²) < 4.78 is 0. The van der Waals surface area contributed by atoms with Gasteiger partial charge in [-0.2, -0.15) is 0 Å². The van der Waals surface area contributed by atoms with Crippen molar-refractivity contribution in [2.45, 2.75) is 0 Å². The normalized spacial score (nSPS) is 8.56. The molecule has 0 saturated heterocycles. The molecule has 0 heterocycles. The molecule has 52 valence electrons. The van der Waals surface area contributed by atoms with Crippen molar-refractivity contribution in [2.75, 3.05) is 12.0 Å². The number of carbonyl (C=O) groups is 1. The molecule has 9 heavy (non-hydrogen) atoms. The Labute approximate surface area is 62.1 Å². The van der Waals surface area contributed by atoms with Gasteiger partial charge in [0.1, 0.15) is 0 Å². The lowest BCUT2D eigenvalue weighted by molar-refractivity contribution is 0.158. The van der Waals surface area contributed by atoms with Gasteiger partial charge in [-0.15, -0.1) is 6.58 Å². The van der Waals surface area contributed by atoms with Crippen LogP contribution in [0.15, 0.2) is 12.7 Å². The number of hydrogen-bond donors (Lipinski definition) is 1. The molecule has 0 aliphatic rings. The van der Waals surface area contributed by atoms with Gasteiger partial charge in [-0.1, -0.05) is 22.0 Å². The van der Waals surface area contributed by atoms with Crippen LogP contribution in [0.2, 0.25) is 0 Å². The summed E-state index contributed by atoms with van der Waals surface area (Å²) >= 11 is 3.01. The first kappa shape index (κ1) is 8.49.